The molecule has 37 heavy (non-hydrogen) atoms. The maximum Gasteiger partial charge on any atom is 0.490 e. The summed E-state index contributed by atoms with van der Waals surface area (Å²) in [4.78, 5) is 29.8. The zero-order valence-corrected chi connectivity index (χ0v) is 19.0. The summed E-state index contributed by atoms with van der Waals surface area (Å²) < 4.78 is 64.7. The number of imidazole rings is 1. The number of alkyl halides is 5. The summed E-state index contributed by atoms with van der Waals surface area (Å²) in [5.41, 5.74) is 1.15. The zero-order chi connectivity index (χ0) is 27.2. The molecule has 3 aliphatic rings. The Labute approximate surface area is 205 Å². The molecule has 0 unspecified atom stereocenters. The minimum Gasteiger partial charge on any atom is -0.493 e. The third kappa shape index (κ3) is 4.76. The third-order valence-corrected chi connectivity index (χ3v) is 6.28. The van der Waals surface area contributed by atoms with Gasteiger partial charge in [-0.2, -0.15) is 18.4 Å². The topological polar surface area (TPSA) is 130 Å². The van der Waals surface area contributed by atoms with Crippen molar-refractivity contribution in [3.8, 4) is 11.8 Å². The normalized spacial score (nSPS) is 21.7. The van der Waals surface area contributed by atoms with Crippen LogP contribution in [0.15, 0.2) is 36.7 Å². The number of ether oxygens (including phenoxy) is 1. The molecule has 194 valence electrons. The highest BCUT2D eigenvalue weighted by Gasteiger charge is 2.70. The van der Waals surface area contributed by atoms with Crippen molar-refractivity contribution >= 4 is 23.2 Å². The van der Waals surface area contributed by atoms with Crippen LogP contribution in [0.3, 0.4) is 0 Å². The van der Waals surface area contributed by atoms with Gasteiger partial charge in [0.25, 0.3) is 12.3 Å². The quantitative estimate of drug-likeness (QED) is 0.471. The van der Waals surface area contributed by atoms with Crippen LogP contribution in [0.25, 0.3) is 5.65 Å². The van der Waals surface area contributed by atoms with E-state index in [4.69, 9.17) is 19.6 Å². The fraction of sp³-hybridized carbons (Fsp3) is 0.348. The summed E-state index contributed by atoms with van der Waals surface area (Å²) in [6.45, 7) is 0. The number of aliphatic carboxylic acids is 1. The van der Waals surface area contributed by atoms with Crippen molar-refractivity contribution in [3.63, 3.8) is 0 Å². The fourth-order valence-corrected chi connectivity index (χ4v) is 4.61. The van der Waals surface area contributed by atoms with Crippen molar-refractivity contribution in [1.82, 2.24) is 14.4 Å². The van der Waals surface area contributed by atoms with Gasteiger partial charge in [0.1, 0.15) is 11.4 Å². The molecule has 14 heteroatoms. The molecule has 9 nitrogen and oxygen atoms in total. The van der Waals surface area contributed by atoms with Crippen molar-refractivity contribution in [3.05, 3.63) is 53.7 Å². The monoisotopic (exact) mass is 523 g/mol. The molecule has 0 saturated heterocycles. The smallest absolute Gasteiger partial charge is 0.490 e. The van der Waals surface area contributed by atoms with E-state index in [0.29, 0.717) is 17.1 Å². The molecule has 0 aliphatic heterocycles. The van der Waals surface area contributed by atoms with Gasteiger partial charge in [0, 0.05) is 23.9 Å². The lowest BCUT2D eigenvalue weighted by Crippen LogP contribution is -2.63. The van der Waals surface area contributed by atoms with Crippen molar-refractivity contribution in [2.75, 3.05) is 12.4 Å². The van der Waals surface area contributed by atoms with E-state index >= 15 is 0 Å². The molecule has 3 aliphatic carbocycles. The fourth-order valence-electron chi connectivity index (χ4n) is 4.61. The Hall–Kier alpha value is -4.28. The number of methoxy groups -OCH3 is 1. The lowest BCUT2D eigenvalue weighted by molar-refractivity contribution is -0.192. The number of anilines is 1. The van der Waals surface area contributed by atoms with Crippen LogP contribution < -0.4 is 10.1 Å². The molecule has 3 saturated carbocycles. The first-order chi connectivity index (χ1) is 17.3. The number of pyridine rings is 2. The Bertz CT molecular complexity index is 1410. The molecule has 0 radical (unpaired) electrons. The third-order valence-electron chi connectivity index (χ3n) is 6.28. The van der Waals surface area contributed by atoms with E-state index in [0.717, 1.165) is 25.0 Å². The second-order valence-corrected chi connectivity index (χ2v) is 8.86. The maximum absolute atomic E-state index is 12.9. The number of nitriles is 1. The largest absolute Gasteiger partial charge is 0.493 e. The number of halogens is 5. The number of hydrogen-bond acceptors (Lipinski definition) is 6. The Morgan fingerprint density at radius 1 is 1.22 bits per heavy atom. The van der Waals surface area contributed by atoms with Crippen molar-refractivity contribution in [2.45, 2.75) is 37.3 Å². The molecule has 3 aromatic rings. The summed E-state index contributed by atoms with van der Waals surface area (Å²) in [7, 11) is 1.51. The van der Waals surface area contributed by atoms with Crippen molar-refractivity contribution in [1.29, 1.82) is 5.26 Å². The van der Waals surface area contributed by atoms with E-state index in [9.17, 15) is 32.0 Å². The minimum absolute atomic E-state index is 0.0458. The van der Waals surface area contributed by atoms with E-state index in [1.807, 2.05) is 6.20 Å². The molecule has 3 aromatic heterocycles. The van der Waals surface area contributed by atoms with Crippen LogP contribution in [0.2, 0.25) is 0 Å². The molecule has 0 spiro atoms. The predicted molar refractivity (Wildman–Crippen MR) is 116 cm³/mol. The number of nitrogens with zero attached hydrogens (tertiary/aromatic N) is 4. The summed E-state index contributed by atoms with van der Waals surface area (Å²) >= 11 is 0. The molecule has 0 aromatic carbocycles. The number of rotatable bonds is 5. The number of carboxylic acids is 1. The summed E-state index contributed by atoms with van der Waals surface area (Å²) in [5.74, 6) is -2.89. The van der Waals surface area contributed by atoms with Crippen LogP contribution in [0, 0.1) is 16.7 Å². The Morgan fingerprint density at radius 2 is 1.86 bits per heavy atom. The van der Waals surface area contributed by atoms with E-state index in [2.05, 4.69) is 16.4 Å². The van der Waals surface area contributed by atoms with Crippen molar-refractivity contribution in [2.24, 2.45) is 5.41 Å². The van der Waals surface area contributed by atoms with Crippen molar-refractivity contribution < 1.29 is 41.4 Å². The number of carbonyl (C=O) groups excluding carboxylic acids is 1. The zero-order valence-electron chi connectivity index (χ0n) is 19.0. The van der Waals surface area contributed by atoms with Crippen LogP contribution >= 0.6 is 0 Å². The van der Waals surface area contributed by atoms with Crippen LogP contribution in [-0.4, -0.2) is 44.6 Å². The summed E-state index contributed by atoms with van der Waals surface area (Å²) in [6.07, 6.45) is -1.80. The summed E-state index contributed by atoms with van der Waals surface area (Å²) in [6, 6.07) is 7.93. The van der Waals surface area contributed by atoms with Gasteiger partial charge in [0.2, 0.25) is 0 Å². The first-order valence-corrected chi connectivity index (χ1v) is 10.7. The van der Waals surface area contributed by atoms with Gasteiger partial charge in [0.05, 0.1) is 30.0 Å². The first-order valence-electron chi connectivity index (χ1n) is 10.7. The molecular formula is C23H18F5N5O4. The number of amides is 1. The number of carboxylic acid groups (broad SMARTS) is 1. The number of carbonyl (C=O) groups is 2. The molecular weight excluding hydrogens is 505 g/mol. The Morgan fingerprint density at radius 3 is 2.41 bits per heavy atom. The van der Waals surface area contributed by atoms with E-state index in [1.165, 1.54) is 25.3 Å². The van der Waals surface area contributed by atoms with Gasteiger partial charge >= 0.3 is 12.1 Å². The molecule has 1 amide bonds. The number of aromatic nitrogens is 3. The average Bonchev–Trinajstić information content (AvgIpc) is 3.20. The highest BCUT2D eigenvalue weighted by atomic mass is 19.4. The molecule has 6 rings (SSSR count). The predicted octanol–water partition coefficient (Wildman–Crippen LogP) is 4.51. The summed E-state index contributed by atoms with van der Waals surface area (Å²) in [5, 5.41) is 19.0. The lowest BCUT2D eigenvalue weighted by atomic mass is 9.35. The van der Waals surface area contributed by atoms with Gasteiger partial charge in [-0.1, -0.05) is 6.07 Å². The van der Waals surface area contributed by atoms with Gasteiger partial charge in [0.15, 0.2) is 11.4 Å². The number of fused-ring (bicyclic) bond motifs is 1. The molecule has 3 fully saturated rings. The van der Waals surface area contributed by atoms with E-state index in [-0.39, 0.29) is 16.5 Å². The standard InChI is InChI=1S/C21H17F2N5O2.C2HF3O2/c1-30-15-5-12(25-19(29)14-4-2-3-13(26-14)17(22)23)6-28-7-16(27-18(15)28)21-8-20(9-21,10-21)11-24;3-2(4,5)1(6)7/h2-7,17H,8-10H2,1H3,(H,25,29);(H,6,7). The van der Waals surface area contributed by atoms with Gasteiger partial charge in [-0.15, -0.1) is 0 Å². The van der Waals surface area contributed by atoms with Crippen LogP contribution in [0.1, 0.15) is 47.6 Å². The number of nitrogens with one attached hydrogen (secondary N) is 1. The van der Waals surface area contributed by atoms with Crippen LogP contribution in [0.5, 0.6) is 5.75 Å². The SMILES string of the molecule is COc1cc(NC(=O)c2cccc(C(F)F)n2)cn2cc(C34CC(C#N)(C3)C4)nc12.O=C(O)C(F)(F)F. The molecule has 2 bridgehead atoms. The van der Waals surface area contributed by atoms with Crippen LogP contribution in [0.4, 0.5) is 27.6 Å². The first kappa shape index (κ1) is 25.8. The van der Waals surface area contributed by atoms with Gasteiger partial charge < -0.3 is 19.6 Å². The Kier molecular flexibility index (Phi) is 6.27. The van der Waals surface area contributed by atoms with Gasteiger partial charge in [-0.05, 0) is 31.4 Å². The highest BCUT2D eigenvalue weighted by Crippen LogP contribution is 2.73. The second kappa shape index (κ2) is 8.99. The highest BCUT2D eigenvalue weighted by molar-refractivity contribution is 6.03. The average molecular weight is 523 g/mol. The maximum atomic E-state index is 12.9. The minimum atomic E-state index is -5.08. The van der Waals surface area contributed by atoms with Crippen LogP contribution in [-0.2, 0) is 10.2 Å². The molecule has 0 atom stereocenters. The number of hydrogen-bond donors (Lipinski definition) is 2. The lowest BCUT2D eigenvalue weighted by Gasteiger charge is -2.66. The van der Waals surface area contributed by atoms with Gasteiger partial charge in [-0.25, -0.2) is 23.5 Å². The van der Waals surface area contributed by atoms with Gasteiger partial charge in [-0.3, -0.25) is 4.79 Å². The molecule has 2 N–H and O–H groups in total. The second-order valence-electron chi connectivity index (χ2n) is 8.86. The van der Waals surface area contributed by atoms with E-state index in [1.54, 1.807) is 16.7 Å². The van der Waals surface area contributed by atoms with E-state index < -0.39 is 30.2 Å². The molecule has 3 heterocycles. The Balaban J connectivity index is 0.000000405.